The second-order valence-corrected chi connectivity index (χ2v) is 7.39. The summed E-state index contributed by atoms with van der Waals surface area (Å²) in [5.74, 6) is -0.375. The molecule has 0 aliphatic carbocycles. The Labute approximate surface area is 154 Å². The molecule has 5 nitrogen and oxygen atoms in total. The van der Waals surface area contributed by atoms with E-state index in [1.54, 1.807) is 29.7 Å². The van der Waals surface area contributed by atoms with E-state index in [4.69, 9.17) is 11.6 Å². The fourth-order valence-corrected chi connectivity index (χ4v) is 4.13. The number of rotatable bonds is 2. The number of carbonyl (C=O) groups excluding carboxylic acids is 2. The number of halogens is 1. The summed E-state index contributed by atoms with van der Waals surface area (Å²) in [5, 5.41) is 5.96. The van der Waals surface area contributed by atoms with Crippen molar-refractivity contribution in [3.8, 4) is 0 Å². The van der Waals surface area contributed by atoms with E-state index in [0.29, 0.717) is 5.02 Å². The number of carbonyl (C=O) groups is 2. The minimum atomic E-state index is -0.219. The average Bonchev–Trinajstić information content (AvgIpc) is 2.89. The molecule has 2 aromatic rings. The molecule has 2 aromatic carbocycles. The molecule has 0 aromatic heterocycles. The molecule has 0 N–H and O–H groups in total. The van der Waals surface area contributed by atoms with Crippen LogP contribution in [0.4, 0.5) is 11.4 Å². The molecule has 7 heteroatoms. The SMILES string of the molecule is CC1=NN(CC(=O)N2c3ccccc3Sc3ccc(Cl)cc32)C(=O)C1. The minimum Gasteiger partial charge on any atom is -0.277 e. The second-order valence-electron chi connectivity index (χ2n) is 5.87. The van der Waals surface area contributed by atoms with Crippen molar-refractivity contribution in [2.24, 2.45) is 5.10 Å². The molecule has 0 radical (unpaired) electrons. The third kappa shape index (κ3) is 2.92. The van der Waals surface area contributed by atoms with Gasteiger partial charge in [0.2, 0.25) is 5.91 Å². The molecule has 2 aliphatic heterocycles. The average molecular weight is 372 g/mol. The van der Waals surface area contributed by atoms with Crippen LogP contribution in [-0.4, -0.2) is 29.1 Å². The number of hydrogen-bond donors (Lipinski definition) is 0. The summed E-state index contributed by atoms with van der Waals surface area (Å²) in [6.07, 6.45) is 0.266. The summed E-state index contributed by atoms with van der Waals surface area (Å²) in [6.45, 7) is 1.69. The molecule has 126 valence electrons. The van der Waals surface area contributed by atoms with Crippen LogP contribution < -0.4 is 4.90 Å². The third-order valence-electron chi connectivity index (χ3n) is 4.01. The monoisotopic (exact) mass is 371 g/mol. The second kappa shape index (κ2) is 6.20. The highest BCUT2D eigenvalue weighted by Crippen LogP contribution is 2.48. The maximum Gasteiger partial charge on any atom is 0.253 e. The predicted molar refractivity (Wildman–Crippen MR) is 98.6 cm³/mol. The smallest absolute Gasteiger partial charge is 0.253 e. The Balaban J connectivity index is 1.74. The summed E-state index contributed by atoms with van der Waals surface area (Å²) < 4.78 is 0. The highest BCUT2D eigenvalue weighted by Gasteiger charge is 2.31. The van der Waals surface area contributed by atoms with Crippen molar-refractivity contribution in [1.82, 2.24) is 5.01 Å². The first-order chi connectivity index (χ1) is 12.0. The van der Waals surface area contributed by atoms with Gasteiger partial charge in [0.05, 0.1) is 17.8 Å². The largest absolute Gasteiger partial charge is 0.277 e. The number of fused-ring (bicyclic) bond motifs is 2. The van der Waals surface area contributed by atoms with E-state index in [-0.39, 0.29) is 24.8 Å². The molecule has 0 spiro atoms. The Morgan fingerprint density at radius 3 is 2.72 bits per heavy atom. The van der Waals surface area contributed by atoms with Crippen LogP contribution in [0.5, 0.6) is 0 Å². The molecule has 0 saturated carbocycles. The van der Waals surface area contributed by atoms with Crippen molar-refractivity contribution in [3.63, 3.8) is 0 Å². The van der Waals surface area contributed by atoms with Gasteiger partial charge < -0.3 is 0 Å². The summed E-state index contributed by atoms with van der Waals surface area (Å²) >= 11 is 7.75. The van der Waals surface area contributed by atoms with Crippen LogP contribution in [0.2, 0.25) is 5.02 Å². The Bertz CT molecular complexity index is 928. The summed E-state index contributed by atoms with van der Waals surface area (Å²) in [7, 11) is 0. The maximum absolute atomic E-state index is 13.1. The first-order valence-electron chi connectivity index (χ1n) is 7.77. The van der Waals surface area contributed by atoms with E-state index in [0.717, 1.165) is 26.9 Å². The van der Waals surface area contributed by atoms with Gasteiger partial charge in [0.25, 0.3) is 5.91 Å². The summed E-state index contributed by atoms with van der Waals surface area (Å²) in [6, 6.07) is 13.2. The number of hydrazone groups is 1. The van der Waals surface area contributed by atoms with Crippen molar-refractivity contribution in [2.75, 3.05) is 11.4 Å². The highest BCUT2D eigenvalue weighted by atomic mass is 35.5. The molecule has 2 aliphatic rings. The first kappa shape index (κ1) is 16.2. The lowest BCUT2D eigenvalue weighted by atomic mass is 10.2. The molecule has 2 amide bonds. The van der Waals surface area contributed by atoms with E-state index in [9.17, 15) is 9.59 Å². The number of nitrogens with zero attached hydrogens (tertiary/aromatic N) is 3. The van der Waals surface area contributed by atoms with Gasteiger partial charge in [-0.15, -0.1) is 0 Å². The van der Waals surface area contributed by atoms with Gasteiger partial charge in [0, 0.05) is 20.5 Å². The molecule has 0 atom stereocenters. The van der Waals surface area contributed by atoms with Crippen molar-refractivity contribution >= 4 is 52.3 Å². The van der Waals surface area contributed by atoms with Crippen LogP contribution in [0.1, 0.15) is 13.3 Å². The quantitative estimate of drug-likeness (QED) is 0.799. The van der Waals surface area contributed by atoms with Crippen LogP contribution in [0, 0.1) is 0 Å². The fourth-order valence-electron chi connectivity index (χ4n) is 2.93. The van der Waals surface area contributed by atoms with Gasteiger partial charge in [-0.3, -0.25) is 14.5 Å². The predicted octanol–water partition coefficient (Wildman–Crippen LogP) is 4.08. The topological polar surface area (TPSA) is 53.0 Å². The lowest BCUT2D eigenvalue weighted by Crippen LogP contribution is -2.38. The molecule has 0 unspecified atom stereocenters. The van der Waals surface area contributed by atoms with E-state index in [2.05, 4.69) is 5.10 Å². The van der Waals surface area contributed by atoms with E-state index in [1.807, 2.05) is 36.4 Å². The summed E-state index contributed by atoms with van der Waals surface area (Å²) in [4.78, 5) is 28.6. The minimum absolute atomic E-state index is 0.0961. The van der Waals surface area contributed by atoms with Gasteiger partial charge in [-0.25, -0.2) is 5.01 Å². The van der Waals surface area contributed by atoms with Crippen LogP contribution in [0.15, 0.2) is 57.4 Å². The van der Waals surface area contributed by atoms with Crippen molar-refractivity contribution in [3.05, 3.63) is 47.5 Å². The van der Waals surface area contributed by atoms with Crippen LogP contribution in [0.3, 0.4) is 0 Å². The molecule has 2 heterocycles. The lowest BCUT2D eigenvalue weighted by Gasteiger charge is -2.31. The molecule has 25 heavy (non-hydrogen) atoms. The van der Waals surface area contributed by atoms with Gasteiger partial charge in [0.15, 0.2) is 0 Å². The Hall–Kier alpha value is -2.31. The van der Waals surface area contributed by atoms with Crippen molar-refractivity contribution < 1.29 is 9.59 Å². The zero-order valence-electron chi connectivity index (χ0n) is 13.4. The molecule has 0 saturated heterocycles. The lowest BCUT2D eigenvalue weighted by molar-refractivity contribution is -0.132. The number of amides is 2. The number of anilines is 2. The van der Waals surface area contributed by atoms with Gasteiger partial charge in [-0.1, -0.05) is 35.5 Å². The molecular formula is C18H14ClN3O2S. The van der Waals surface area contributed by atoms with Crippen molar-refractivity contribution in [2.45, 2.75) is 23.1 Å². The highest BCUT2D eigenvalue weighted by molar-refractivity contribution is 7.99. The van der Waals surface area contributed by atoms with Crippen LogP contribution in [0.25, 0.3) is 0 Å². The third-order valence-corrected chi connectivity index (χ3v) is 5.37. The van der Waals surface area contributed by atoms with Gasteiger partial charge in [0.1, 0.15) is 6.54 Å². The standard InChI is InChI=1S/C18H14ClN3O2S/c1-11-8-17(23)21(20-11)10-18(24)22-13-4-2-3-5-15(13)25-16-7-6-12(19)9-14(16)22/h2-7,9H,8,10H2,1H3. The van der Waals surface area contributed by atoms with E-state index < -0.39 is 0 Å². The Kier molecular flexibility index (Phi) is 4.01. The Morgan fingerprint density at radius 1 is 1.20 bits per heavy atom. The zero-order valence-corrected chi connectivity index (χ0v) is 15.0. The molecule has 4 rings (SSSR count). The van der Waals surface area contributed by atoms with Gasteiger partial charge >= 0.3 is 0 Å². The van der Waals surface area contributed by atoms with E-state index >= 15 is 0 Å². The number of benzene rings is 2. The van der Waals surface area contributed by atoms with Gasteiger partial charge in [-0.2, -0.15) is 5.10 Å². The summed E-state index contributed by atoms with van der Waals surface area (Å²) in [5.41, 5.74) is 2.24. The Morgan fingerprint density at radius 2 is 1.96 bits per heavy atom. The van der Waals surface area contributed by atoms with E-state index in [1.165, 1.54) is 5.01 Å². The van der Waals surface area contributed by atoms with Gasteiger partial charge in [-0.05, 0) is 37.3 Å². The molecule has 0 bridgehead atoms. The van der Waals surface area contributed by atoms with Crippen LogP contribution in [-0.2, 0) is 9.59 Å². The van der Waals surface area contributed by atoms with Crippen LogP contribution >= 0.6 is 23.4 Å². The number of hydrogen-bond acceptors (Lipinski definition) is 4. The normalized spacial score (nSPS) is 15.8. The van der Waals surface area contributed by atoms with Crippen molar-refractivity contribution in [1.29, 1.82) is 0 Å². The first-order valence-corrected chi connectivity index (χ1v) is 8.96. The molecular weight excluding hydrogens is 358 g/mol. The zero-order chi connectivity index (χ0) is 17.6. The maximum atomic E-state index is 13.1. The molecule has 0 fully saturated rings. The number of para-hydroxylation sites is 1. The fraction of sp³-hybridized carbons (Fsp3) is 0.167.